The van der Waals surface area contributed by atoms with Gasteiger partial charge in [0.25, 0.3) is 5.56 Å². The number of esters is 1. The second-order valence-electron chi connectivity index (χ2n) is 8.62. The average Bonchev–Trinajstić information content (AvgIpc) is 3.63. The van der Waals surface area contributed by atoms with Crippen molar-refractivity contribution in [3.63, 3.8) is 0 Å². The smallest absolute Gasteiger partial charge is 0.338 e. The molecule has 2 aromatic carbocycles. The van der Waals surface area contributed by atoms with Gasteiger partial charge in [0.2, 0.25) is 6.79 Å². The maximum atomic E-state index is 13.8. The molecule has 4 heterocycles. The number of nitrogens with zero attached hydrogens (tertiary/aromatic N) is 2. The second kappa shape index (κ2) is 9.66. The highest BCUT2D eigenvalue weighted by molar-refractivity contribution is 7.07. The Morgan fingerprint density at radius 2 is 1.95 bits per heavy atom. The topological polar surface area (TPSA) is 92.3 Å². The minimum atomic E-state index is -0.747. The number of furan rings is 1. The molecule has 2 aromatic heterocycles. The van der Waals surface area contributed by atoms with Crippen molar-refractivity contribution in [2.24, 2.45) is 4.99 Å². The lowest BCUT2D eigenvalue weighted by atomic mass is 9.95. The summed E-state index contributed by atoms with van der Waals surface area (Å²) in [6.07, 6.45) is 1.68. The molecular weight excluding hydrogens is 528 g/mol. The number of rotatable bonds is 5. The highest BCUT2D eigenvalue weighted by atomic mass is 35.5. The summed E-state index contributed by atoms with van der Waals surface area (Å²) in [6, 6.07) is 15.6. The fraction of sp³-hybridized carbons (Fsp3) is 0.179. The summed E-state index contributed by atoms with van der Waals surface area (Å²) < 4.78 is 24.3. The Morgan fingerprint density at radius 3 is 2.74 bits per heavy atom. The molecule has 0 amide bonds. The molecular formula is C28H21ClN2O6S. The van der Waals surface area contributed by atoms with Gasteiger partial charge in [-0.3, -0.25) is 9.36 Å². The van der Waals surface area contributed by atoms with Crippen LogP contribution in [0.5, 0.6) is 11.5 Å². The van der Waals surface area contributed by atoms with E-state index in [-0.39, 0.29) is 19.0 Å². The first-order valence-electron chi connectivity index (χ1n) is 11.9. The van der Waals surface area contributed by atoms with Crippen LogP contribution in [0.15, 0.2) is 80.1 Å². The third-order valence-electron chi connectivity index (χ3n) is 6.26. The molecule has 0 spiro atoms. The second-order valence-corrected chi connectivity index (χ2v) is 10.1. The molecule has 0 saturated heterocycles. The Morgan fingerprint density at radius 1 is 1.16 bits per heavy atom. The van der Waals surface area contributed by atoms with Crippen LogP contribution in [0.1, 0.15) is 31.2 Å². The summed E-state index contributed by atoms with van der Waals surface area (Å²) in [5.74, 6) is 1.80. The van der Waals surface area contributed by atoms with Crippen molar-refractivity contribution in [3.05, 3.63) is 102 Å². The van der Waals surface area contributed by atoms with E-state index >= 15 is 0 Å². The molecule has 2 aliphatic heterocycles. The first-order chi connectivity index (χ1) is 18.4. The molecule has 38 heavy (non-hydrogen) atoms. The summed E-state index contributed by atoms with van der Waals surface area (Å²) >= 11 is 7.22. The number of halogens is 1. The zero-order valence-corrected chi connectivity index (χ0v) is 22.0. The van der Waals surface area contributed by atoms with E-state index < -0.39 is 12.0 Å². The number of carbonyl (C=O) groups is 1. The molecule has 192 valence electrons. The molecule has 8 nitrogen and oxygen atoms in total. The predicted octanol–water partition coefficient (Wildman–Crippen LogP) is 4.44. The van der Waals surface area contributed by atoms with E-state index in [9.17, 15) is 9.59 Å². The molecule has 1 atom stereocenters. The fourth-order valence-electron chi connectivity index (χ4n) is 4.52. The number of allylic oxidation sites excluding steroid dienone is 1. The molecule has 0 aliphatic carbocycles. The minimum absolute atomic E-state index is 0.113. The molecule has 10 heteroatoms. The number of fused-ring (bicyclic) bond motifs is 2. The normalized spacial score (nSPS) is 16.4. The number of ether oxygens (including phenoxy) is 3. The maximum Gasteiger partial charge on any atom is 0.338 e. The lowest BCUT2D eigenvalue weighted by Crippen LogP contribution is -2.39. The van der Waals surface area contributed by atoms with Gasteiger partial charge in [0.1, 0.15) is 11.5 Å². The monoisotopic (exact) mass is 548 g/mol. The Kier molecular flexibility index (Phi) is 6.17. The Bertz CT molecular complexity index is 1780. The van der Waals surface area contributed by atoms with Crippen molar-refractivity contribution < 1.29 is 23.4 Å². The highest BCUT2D eigenvalue weighted by Gasteiger charge is 2.34. The fourth-order valence-corrected chi connectivity index (χ4v) is 5.67. The molecule has 4 aromatic rings. The van der Waals surface area contributed by atoms with Gasteiger partial charge in [0.05, 0.1) is 28.5 Å². The number of hydrogen-bond donors (Lipinski definition) is 0. The van der Waals surface area contributed by atoms with Gasteiger partial charge < -0.3 is 18.6 Å². The summed E-state index contributed by atoms with van der Waals surface area (Å²) in [6.45, 7) is 3.79. The van der Waals surface area contributed by atoms with Gasteiger partial charge in [-0.05, 0) is 67.9 Å². The van der Waals surface area contributed by atoms with Gasteiger partial charge in [-0.15, -0.1) is 0 Å². The van der Waals surface area contributed by atoms with E-state index in [2.05, 4.69) is 4.99 Å². The van der Waals surface area contributed by atoms with E-state index in [1.807, 2.05) is 24.3 Å². The number of aromatic nitrogens is 1. The Labute approximate surface area is 225 Å². The minimum Gasteiger partial charge on any atom is -0.463 e. The molecule has 0 saturated carbocycles. The van der Waals surface area contributed by atoms with Crippen LogP contribution < -0.4 is 24.4 Å². The van der Waals surface area contributed by atoms with Gasteiger partial charge in [-0.1, -0.05) is 29.0 Å². The summed E-state index contributed by atoms with van der Waals surface area (Å²) in [5.41, 5.74) is 2.04. The molecule has 6 rings (SSSR count). The lowest BCUT2D eigenvalue weighted by Gasteiger charge is -2.24. The summed E-state index contributed by atoms with van der Waals surface area (Å²) in [5, 5.41) is 0.635. The lowest BCUT2D eigenvalue weighted by molar-refractivity contribution is -0.139. The van der Waals surface area contributed by atoms with Gasteiger partial charge in [-0.2, -0.15) is 0 Å². The van der Waals surface area contributed by atoms with E-state index in [0.29, 0.717) is 54.2 Å². The van der Waals surface area contributed by atoms with Crippen LogP contribution in [0.25, 0.3) is 17.4 Å². The van der Waals surface area contributed by atoms with E-state index in [1.165, 1.54) is 15.9 Å². The van der Waals surface area contributed by atoms with Crippen molar-refractivity contribution in [1.29, 1.82) is 0 Å². The van der Waals surface area contributed by atoms with Crippen molar-refractivity contribution in [1.82, 2.24) is 4.57 Å². The highest BCUT2D eigenvalue weighted by Crippen LogP contribution is 2.38. The summed E-state index contributed by atoms with van der Waals surface area (Å²) in [4.78, 5) is 31.9. The molecule has 1 unspecified atom stereocenters. The predicted molar refractivity (Wildman–Crippen MR) is 142 cm³/mol. The van der Waals surface area contributed by atoms with Gasteiger partial charge >= 0.3 is 5.97 Å². The number of carbonyl (C=O) groups excluding carboxylic acids is 1. The zero-order chi connectivity index (χ0) is 26.4. The van der Waals surface area contributed by atoms with E-state index in [4.69, 9.17) is 30.2 Å². The van der Waals surface area contributed by atoms with Crippen LogP contribution in [0.2, 0.25) is 5.02 Å². The first kappa shape index (κ1) is 24.3. The number of benzene rings is 2. The van der Waals surface area contributed by atoms with Crippen LogP contribution in [-0.4, -0.2) is 23.9 Å². The Balaban J connectivity index is 1.47. The third-order valence-corrected chi connectivity index (χ3v) is 7.49. The van der Waals surface area contributed by atoms with Crippen LogP contribution in [0.3, 0.4) is 0 Å². The quantitative estimate of drug-likeness (QED) is 0.342. The van der Waals surface area contributed by atoms with Crippen LogP contribution >= 0.6 is 22.9 Å². The maximum absolute atomic E-state index is 13.8. The molecule has 0 radical (unpaired) electrons. The van der Waals surface area contributed by atoms with Crippen LogP contribution in [0.4, 0.5) is 0 Å². The SMILES string of the molecule is CCOC(=O)C1=C(C)N=c2sc(=Cc3ccc(-c4ccc(Cl)cc4)o3)c(=O)n2C1c1ccc2c(c1)OCO2. The van der Waals surface area contributed by atoms with Crippen molar-refractivity contribution in [2.75, 3.05) is 13.4 Å². The third kappa shape index (κ3) is 4.23. The zero-order valence-electron chi connectivity index (χ0n) is 20.4. The van der Waals surface area contributed by atoms with Crippen molar-refractivity contribution in [2.45, 2.75) is 19.9 Å². The molecule has 0 bridgehead atoms. The number of thiazole rings is 1. The van der Waals surface area contributed by atoms with Crippen LogP contribution in [0, 0.1) is 0 Å². The molecule has 2 aliphatic rings. The average molecular weight is 549 g/mol. The van der Waals surface area contributed by atoms with Gasteiger partial charge in [0, 0.05) is 16.7 Å². The molecule has 0 N–H and O–H groups in total. The van der Waals surface area contributed by atoms with Crippen LogP contribution in [-0.2, 0) is 9.53 Å². The van der Waals surface area contributed by atoms with E-state index in [0.717, 1.165) is 5.56 Å². The molecule has 0 fully saturated rings. The largest absolute Gasteiger partial charge is 0.463 e. The van der Waals surface area contributed by atoms with Crippen molar-refractivity contribution in [3.8, 4) is 22.8 Å². The Hall–Kier alpha value is -4.08. The number of hydrogen-bond acceptors (Lipinski definition) is 8. The van der Waals surface area contributed by atoms with Crippen molar-refractivity contribution >= 4 is 35.0 Å². The first-order valence-corrected chi connectivity index (χ1v) is 13.1. The standard InChI is InChI=1S/C28H21ClN2O6S/c1-3-34-27(33)24-15(2)30-28-31(25(24)17-6-10-21-22(12-17)36-14-35-21)26(32)23(38-28)13-19-9-11-20(37-19)16-4-7-18(29)8-5-16/h4-13,25H,3,14H2,1-2H3. The van der Waals surface area contributed by atoms with Gasteiger partial charge in [-0.25, -0.2) is 9.79 Å². The van der Waals surface area contributed by atoms with E-state index in [1.54, 1.807) is 50.3 Å². The summed E-state index contributed by atoms with van der Waals surface area (Å²) in [7, 11) is 0. The van der Waals surface area contributed by atoms with Gasteiger partial charge in [0.15, 0.2) is 16.3 Å².